The quantitative estimate of drug-likeness (QED) is 0.150. The second kappa shape index (κ2) is 14.6. The van der Waals surface area contributed by atoms with Gasteiger partial charge in [-0.2, -0.15) is 0 Å². The van der Waals surface area contributed by atoms with Gasteiger partial charge in [-0.1, -0.05) is 164 Å². The number of hydrogen-bond donors (Lipinski definition) is 0. The zero-order valence-corrected chi connectivity index (χ0v) is 33.6. The zero-order valence-electron chi connectivity index (χ0n) is 33.6. The summed E-state index contributed by atoms with van der Waals surface area (Å²) in [5.74, 6) is 0.383. The largest absolute Gasteiger partial charge is 0.338 e. The number of benzene rings is 6. The van der Waals surface area contributed by atoms with Crippen LogP contribution in [0.3, 0.4) is 0 Å². The molecule has 2 nitrogen and oxygen atoms in total. The molecule has 2 heteroatoms. The Morgan fingerprint density at radius 3 is 2.20 bits per heavy atom. The molecule has 5 aliphatic rings. The number of allylic oxidation sites excluding steroid dienone is 11. The van der Waals surface area contributed by atoms with Crippen LogP contribution in [-0.2, 0) is 5.41 Å². The second-order valence-corrected chi connectivity index (χ2v) is 16.6. The van der Waals surface area contributed by atoms with E-state index in [2.05, 4.69) is 223 Å². The van der Waals surface area contributed by atoms with E-state index in [-0.39, 0.29) is 17.3 Å². The van der Waals surface area contributed by atoms with Crippen LogP contribution in [-0.4, -0.2) is 10.9 Å². The summed E-state index contributed by atoms with van der Waals surface area (Å²) in [6, 6.07) is 52.7. The maximum absolute atomic E-state index is 2.71. The Labute approximate surface area is 348 Å². The lowest BCUT2D eigenvalue weighted by atomic mass is 9.65. The molecule has 6 aromatic carbocycles. The summed E-state index contributed by atoms with van der Waals surface area (Å²) < 4.78 is 0. The number of rotatable bonds is 7. The minimum absolute atomic E-state index is 0.167. The van der Waals surface area contributed by atoms with E-state index < -0.39 is 0 Å². The molecule has 0 aromatic heterocycles. The summed E-state index contributed by atoms with van der Waals surface area (Å²) in [6.45, 7) is 2.16. The summed E-state index contributed by atoms with van der Waals surface area (Å²) >= 11 is 0. The molecule has 0 saturated carbocycles. The highest BCUT2D eigenvalue weighted by atomic mass is 15.2. The van der Waals surface area contributed by atoms with Crippen molar-refractivity contribution in [3.63, 3.8) is 0 Å². The highest BCUT2D eigenvalue weighted by molar-refractivity contribution is 5.99. The van der Waals surface area contributed by atoms with Crippen molar-refractivity contribution in [1.29, 1.82) is 0 Å². The highest BCUT2D eigenvalue weighted by Crippen LogP contribution is 2.66. The molecule has 0 bridgehead atoms. The molecular formula is C57H48N2. The number of nitrogens with zero attached hydrogens (tertiary/aromatic N) is 2. The van der Waals surface area contributed by atoms with E-state index in [9.17, 15) is 0 Å². The van der Waals surface area contributed by atoms with Crippen molar-refractivity contribution in [3.05, 3.63) is 246 Å². The normalized spacial score (nSPS) is 21.3. The summed E-state index contributed by atoms with van der Waals surface area (Å²) in [5.41, 5.74) is 15.5. The van der Waals surface area contributed by atoms with Crippen LogP contribution in [0.4, 0.5) is 17.1 Å². The lowest BCUT2D eigenvalue weighted by Crippen LogP contribution is -2.38. The molecule has 0 saturated heterocycles. The van der Waals surface area contributed by atoms with Gasteiger partial charge in [-0.05, 0) is 119 Å². The second-order valence-electron chi connectivity index (χ2n) is 16.6. The third kappa shape index (κ3) is 5.61. The van der Waals surface area contributed by atoms with E-state index in [1.807, 2.05) is 0 Å². The van der Waals surface area contributed by atoms with Gasteiger partial charge in [0.1, 0.15) is 0 Å². The first-order chi connectivity index (χ1) is 29.3. The van der Waals surface area contributed by atoms with Crippen molar-refractivity contribution in [1.82, 2.24) is 4.90 Å². The Morgan fingerprint density at radius 1 is 0.678 bits per heavy atom. The van der Waals surface area contributed by atoms with E-state index in [0.29, 0.717) is 6.04 Å². The number of anilines is 3. The predicted octanol–water partition coefficient (Wildman–Crippen LogP) is 14.5. The molecule has 5 aliphatic carbocycles. The van der Waals surface area contributed by atoms with Crippen LogP contribution in [0.5, 0.6) is 0 Å². The third-order valence-electron chi connectivity index (χ3n) is 13.5. The SMILES string of the molecule is C/C=C\C(=C1\C=CC=CC1)N(C1=CC2C(C=C1)c1ccc(N(c3ccccc3)c3cccc4ccccc34)cc1C21c2ccccc2-c2ccccc21)C1CC=CCC1. The molecule has 0 amide bonds. The van der Waals surface area contributed by atoms with Crippen molar-refractivity contribution in [2.24, 2.45) is 5.92 Å². The molecule has 0 aliphatic heterocycles. The molecule has 59 heavy (non-hydrogen) atoms. The predicted molar refractivity (Wildman–Crippen MR) is 247 cm³/mol. The molecule has 0 N–H and O–H groups in total. The number of hydrogen-bond acceptors (Lipinski definition) is 2. The first kappa shape index (κ1) is 35.5. The van der Waals surface area contributed by atoms with Gasteiger partial charge in [0.25, 0.3) is 0 Å². The molecule has 0 heterocycles. The summed E-state index contributed by atoms with van der Waals surface area (Å²) in [5, 5.41) is 2.47. The Hall–Kier alpha value is -6.64. The Kier molecular flexibility index (Phi) is 8.81. The Balaban J connectivity index is 1.16. The molecule has 0 radical (unpaired) electrons. The van der Waals surface area contributed by atoms with Gasteiger partial charge in [0, 0.05) is 46.0 Å². The van der Waals surface area contributed by atoms with Gasteiger partial charge in [0.15, 0.2) is 0 Å². The highest BCUT2D eigenvalue weighted by Gasteiger charge is 2.57. The molecule has 6 aromatic rings. The number of para-hydroxylation sites is 1. The Morgan fingerprint density at radius 2 is 1.44 bits per heavy atom. The number of fused-ring (bicyclic) bond motifs is 11. The van der Waals surface area contributed by atoms with Crippen LogP contribution in [0.2, 0.25) is 0 Å². The summed E-state index contributed by atoms with van der Waals surface area (Å²) in [4.78, 5) is 5.18. The lowest BCUT2D eigenvalue weighted by molar-refractivity contribution is 0.298. The van der Waals surface area contributed by atoms with E-state index >= 15 is 0 Å². The Bertz CT molecular complexity index is 2770. The van der Waals surface area contributed by atoms with Gasteiger partial charge >= 0.3 is 0 Å². The smallest absolute Gasteiger partial charge is 0.0540 e. The summed E-state index contributed by atoms with van der Waals surface area (Å²) in [7, 11) is 0. The monoisotopic (exact) mass is 760 g/mol. The van der Waals surface area contributed by atoms with Gasteiger partial charge in [-0.3, -0.25) is 0 Å². The minimum Gasteiger partial charge on any atom is -0.338 e. The van der Waals surface area contributed by atoms with Gasteiger partial charge in [-0.25, -0.2) is 0 Å². The van der Waals surface area contributed by atoms with Crippen molar-refractivity contribution < 1.29 is 0 Å². The van der Waals surface area contributed by atoms with Crippen molar-refractivity contribution in [3.8, 4) is 11.1 Å². The average Bonchev–Trinajstić information content (AvgIpc) is 3.77. The van der Waals surface area contributed by atoms with Gasteiger partial charge in [0.05, 0.1) is 11.1 Å². The summed E-state index contributed by atoms with van der Waals surface area (Å²) in [6.07, 6.45) is 30.3. The molecule has 1 spiro atoms. The van der Waals surface area contributed by atoms with Crippen LogP contribution >= 0.6 is 0 Å². The van der Waals surface area contributed by atoms with Gasteiger partial charge in [-0.15, -0.1) is 0 Å². The molecular weight excluding hydrogens is 713 g/mol. The molecule has 11 rings (SSSR count). The third-order valence-corrected chi connectivity index (χ3v) is 13.5. The van der Waals surface area contributed by atoms with Crippen LogP contribution in [0.15, 0.2) is 223 Å². The van der Waals surface area contributed by atoms with Crippen LogP contribution < -0.4 is 4.90 Å². The fraction of sp³-hybridized carbons (Fsp3) is 0.158. The van der Waals surface area contributed by atoms with Crippen molar-refractivity contribution in [2.45, 2.75) is 50.0 Å². The van der Waals surface area contributed by atoms with Crippen LogP contribution in [0.25, 0.3) is 21.9 Å². The maximum Gasteiger partial charge on any atom is 0.0540 e. The molecule has 286 valence electrons. The minimum atomic E-state index is -0.389. The first-order valence-electron chi connectivity index (χ1n) is 21.5. The van der Waals surface area contributed by atoms with Crippen molar-refractivity contribution >= 4 is 27.8 Å². The first-order valence-corrected chi connectivity index (χ1v) is 21.5. The fourth-order valence-electron chi connectivity index (χ4n) is 11.1. The van der Waals surface area contributed by atoms with E-state index in [1.54, 1.807) is 0 Å². The standard InChI is InChI=1S/C57H48N2/c1-2-19-55(41-21-6-3-7-22-41)58(42-24-8-4-9-25-42)44-34-36-49-50-37-35-45(59(43-26-10-5-11-27-43)56-33-18-23-40-20-12-13-28-46(40)56)39-54(50)57(53(49)38-44)51-31-16-14-29-47(51)48-30-15-17-32-52(48)57/h2-8,10-21,23,26-39,42,49,53H,9,22,24-25H2,1H3/b19-2-,55-41+. The van der Waals surface area contributed by atoms with Gasteiger partial charge < -0.3 is 9.80 Å². The average molecular weight is 761 g/mol. The molecule has 3 unspecified atom stereocenters. The van der Waals surface area contributed by atoms with E-state index in [0.717, 1.165) is 31.4 Å². The van der Waals surface area contributed by atoms with E-state index in [4.69, 9.17) is 0 Å². The fourth-order valence-corrected chi connectivity index (χ4v) is 11.1. The molecule has 3 atom stereocenters. The lowest BCUT2D eigenvalue weighted by Gasteiger charge is -2.42. The topological polar surface area (TPSA) is 6.48 Å². The van der Waals surface area contributed by atoms with Crippen LogP contribution in [0.1, 0.15) is 60.8 Å². The maximum atomic E-state index is 2.71. The van der Waals surface area contributed by atoms with Crippen molar-refractivity contribution in [2.75, 3.05) is 4.90 Å². The zero-order chi connectivity index (χ0) is 39.3. The van der Waals surface area contributed by atoms with Crippen LogP contribution in [0, 0.1) is 5.92 Å². The van der Waals surface area contributed by atoms with E-state index in [1.165, 1.54) is 72.5 Å². The van der Waals surface area contributed by atoms with Gasteiger partial charge in [0.2, 0.25) is 0 Å². The molecule has 0 fully saturated rings.